The first-order valence-corrected chi connectivity index (χ1v) is 26.7. The van der Waals surface area contributed by atoms with Gasteiger partial charge < -0.3 is 4.90 Å². The van der Waals surface area contributed by atoms with Crippen LogP contribution in [0.25, 0.3) is 73.7 Å². The average Bonchev–Trinajstić information content (AvgIpc) is 3.97. The number of rotatable bonds is 5. The topological polar surface area (TPSA) is 3.24 Å². The Hall–Kier alpha value is -6.49. The van der Waals surface area contributed by atoms with Gasteiger partial charge in [-0.15, -0.1) is 22.7 Å². The number of para-hydroxylation sites is 1. The van der Waals surface area contributed by atoms with E-state index >= 15 is 0 Å². The van der Waals surface area contributed by atoms with Crippen LogP contribution in [0.1, 0.15) is 70.2 Å². The lowest BCUT2D eigenvalue weighted by Crippen LogP contribution is -2.08. The lowest BCUT2D eigenvalue weighted by Gasteiger charge is -2.19. The van der Waals surface area contributed by atoms with Crippen LogP contribution in [-0.2, 0) is 0 Å². The van der Waals surface area contributed by atoms with Crippen LogP contribution in [0.15, 0.2) is 200 Å². The third-order valence-electron chi connectivity index (χ3n) is 11.8. The number of hydrogen-bond acceptors (Lipinski definition) is 3. The van der Waals surface area contributed by atoms with E-state index in [4.69, 9.17) is 11.6 Å². The number of benzene rings is 9. The molecule has 9 aromatic carbocycles. The van der Waals surface area contributed by atoms with Gasteiger partial charge in [-0.3, -0.25) is 0 Å². The van der Waals surface area contributed by atoms with Crippen LogP contribution in [0.2, 0.25) is 5.02 Å². The van der Waals surface area contributed by atoms with E-state index < -0.39 is 0 Å². The Morgan fingerprint density at radius 3 is 1.27 bits per heavy atom. The van der Waals surface area contributed by atoms with E-state index in [9.17, 15) is 0 Å². The van der Waals surface area contributed by atoms with Crippen LogP contribution in [0.4, 0.5) is 11.4 Å². The van der Waals surface area contributed by atoms with Crippen LogP contribution in [-0.4, -0.2) is 7.05 Å². The monoisotopic (exact) mass is 973 g/mol. The molecule has 0 spiro atoms. The maximum atomic E-state index is 6.11. The summed E-state index contributed by atoms with van der Waals surface area (Å²) in [5, 5.41) is 6.12. The van der Waals surface area contributed by atoms with Gasteiger partial charge in [0.15, 0.2) is 0 Å². The Balaban J connectivity index is 0.000000189. The maximum absolute atomic E-state index is 6.11. The van der Waals surface area contributed by atoms with E-state index in [1.165, 1.54) is 114 Å². The van der Waals surface area contributed by atoms with Crippen molar-refractivity contribution in [3.8, 4) is 33.4 Å². The van der Waals surface area contributed by atoms with Gasteiger partial charge in [-0.1, -0.05) is 192 Å². The normalized spacial score (nSPS) is 10.3. The van der Waals surface area contributed by atoms with Crippen LogP contribution in [0, 0.1) is 27.7 Å². The smallest absolute Gasteiger partial charge is 0.0415 e. The summed E-state index contributed by atoms with van der Waals surface area (Å²) < 4.78 is 5.38. The Bertz CT molecular complexity index is 3340. The predicted octanol–water partition coefficient (Wildman–Crippen LogP) is 21.9. The molecule has 11 rings (SSSR count). The number of thiophene rings is 2. The lowest BCUT2D eigenvalue weighted by atomic mass is 9.90. The number of halogens is 1. The first-order chi connectivity index (χ1) is 34.1. The number of fused-ring (bicyclic) bond motifs is 6. The van der Waals surface area contributed by atoms with Crippen molar-refractivity contribution < 1.29 is 0 Å². The molecule has 2 heterocycles. The summed E-state index contributed by atoms with van der Waals surface area (Å²) in [5.74, 6) is 0. The molecular weight excluding hydrogens is 906 g/mol. The predicted molar refractivity (Wildman–Crippen MR) is 319 cm³/mol. The van der Waals surface area contributed by atoms with Crippen molar-refractivity contribution in [2.24, 2.45) is 0 Å². The standard InChI is InChI=1S/C32H23ClS.C19H15NS.C8H10.C3H8.2C2H6/c1-20-7-9-23(22-11-14-26(33)15-12-22)17-28(20)29-18-24(10-8-21(29)2)25-13-16-32-30(19-25)27-5-3-4-6-31(27)34-32;1-20(14-7-3-2-4-8-14)15-11-12-19-17(13-15)16-9-5-6-10-18(16)21-19;1-7-3-5-8(2)6-4-7;1-3-2;2*1-2/h3-19H,1-2H3;2-13H,1H3;3-6H,1-2H3;3H2,1-2H3;2*1-2H3. The molecule has 1 nitrogen and oxygen atoms in total. The highest BCUT2D eigenvalue weighted by atomic mass is 35.5. The molecule has 0 atom stereocenters. The summed E-state index contributed by atoms with van der Waals surface area (Å²) in [4.78, 5) is 2.23. The second-order valence-electron chi connectivity index (χ2n) is 16.9. The third-order valence-corrected chi connectivity index (χ3v) is 14.3. The number of hydrogen-bond donors (Lipinski definition) is 0. The minimum atomic E-state index is 0.759. The van der Waals surface area contributed by atoms with E-state index in [-0.39, 0.29) is 0 Å². The molecule has 0 N–H and O–H groups in total. The Kier molecular flexibility index (Phi) is 19.6. The van der Waals surface area contributed by atoms with Crippen LogP contribution in [0.3, 0.4) is 0 Å². The van der Waals surface area contributed by atoms with Gasteiger partial charge in [-0.05, 0) is 151 Å². The number of nitrogens with zero attached hydrogens (tertiary/aromatic N) is 1. The molecule has 0 aliphatic rings. The molecule has 0 saturated carbocycles. The molecule has 0 amide bonds. The zero-order valence-corrected chi connectivity index (χ0v) is 45.3. The lowest BCUT2D eigenvalue weighted by molar-refractivity contribution is 1.09. The Morgan fingerprint density at radius 1 is 0.371 bits per heavy atom. The summed E-state index contributed by atoms with van der Waals surface area (Å²) in [6, 6.07) is 71.5. The highest BCUT2D eigenvalue weighted by Crippen LogP contribution is 2.40. The fourth-order valence-electron chi connectivity index (χ4n) is 8.09. The Labute approximate surface area is 431 Å². The van der Waals surface area contributed by atoms with Gasteiger partial charge in [0.2, 0.25) is 0 Å². The fraction of sp³-hybridized carbons (Fsp3) is 0.182. The van der Waals surface area contributed by atoms with Crippen molar-refractivity contribution in [3.63, 3.8) is 0 Å². The molecule has 70 heavy (non-hydrogen) atoms. The van der Waals surface area contributed by atoms with Gasteiger partial charge in [0.1, 0.15) is 0 Å². The first-order valence-electron chi connectivity index (χ1n) is 24.7. The SMILES string of the molecule is CC.CC.CCC.CN(c1ccccc1)c1ccc2sc3ccccc3c2c1.Cc1ccc(-c2ccc(Cl)cc2)cc1-c1cc(-c2ccc3sc4ccccc4c3c2)ccc1C.Cc1ccc(C)cc1. The second kappa shape index (κ2) is 25.9. The quantitative estimate of drug-likeness (QED) is 0.166. The first kappa shape index (κ1) is 52.9. The molecule has 4 heteroatoms. The molecule has 0 aliphatic heterocycles. The largest absolute Gasteiger partial charge is 0.345 e. The van der Waals surface area contributed by atoms with Gasteiger partial charge >= 0.3 is 0 Å². The summed E-state index contributed by atoms with van der Waals surface area (Å²) in [5.41, 5.74) is 15.1. The van der Waals surface area contributed by atoms with E-state index in [2.05, 4.69) is 235 Å². The van der Waals surface area contributed by atoms with Crippen molar-refractivity contribution in [2.45, 2.75) is 75.7 Å². The van der Waals surface area contributed by atoms with Crippen LogP contribution in [0.5, 0.6) is 0 Å². The van der Waals surface area contributed by atoms with E-state index in [1.54, 1.807) is 0 Å². The summed E-state index contributed by atoms with van der Waals surface area (Å²) in [7, 11) is 2.12. The number of aryl methyl sites for hydroxylation is 4. The summed E-state index contributed by atoms with van der Waals surface area (Å²) in [6.45, 7) is 20.8. The molecule has 2 aromatic heterocycles. The third kappa shape index (κ3) is 13.0. The van der Waals surface area contributed by atoms with Gasteiger partial charge in [0.25, 0.3) is 0 Å². The molecular formula is C66H68ClNS2. The maximum Gasteiger partial charge on any atom is 0.0415 e. The van der Waals surface area contributed by atoms with Crippen molar-refractivity contribution in [2.75, 3.05) is 11.9 Å². The molecule has 0 saturated heterocycles. The summed E-state index contributed by atoms with van der Waals surface area (Å²) >= 11 is 9.83. The molecule has 0 radical (unpaired) electrons. The van der Waals surface area contributed by atoms with Gasteiger partial charge in [0.05, 0.1) is 0 Å². The van der Waals surface area contributed by atoms with Crippen molar-refractivity contribution >= 4 is 86.0 Å². The van der Waals surface area contributed by atoms with Crippen LogP contribution >= 0.6 is 34.3 Å². The molecule has 0 aliphatic carbocycles. The summed E-state index contributed by atoms with van der Waals surface area (Å²) in [6.07, 6.45) is 1.25. The minimum Gasteiger partial charge on any atom is -0.345 e. The zero-order valence-electron chi connectivity index (χ0n) is 42.9. The van der Waals surface area contributed by atoms with Crippen LogP contribution < -0.4 is 4.90 Å². The van der Waals surface area contributed by atoms with Crippen molar-refractivity contribution in [1.29, 1.82) is 0 Å². The highest BCUT2D eigenvalue weighted by Gasteiger charge is 2.13. The van der Waals surface area contributed by atoms with E-state index in [1.807, 2.05) is 68.6 Å². The van der Waals surface area contributed by atoms with Crippen molar-refractivity contribution in [1.82, 2.24) is 0 Å². The molecule has 11 aromatic rings. The van der Waals surface area contributed by atoms with Crippen molar-refractivity contribution in [3.05, 3.63) is 227 Å². The fourth-order valence-corrected chi connectivity index (χ4v) is 10.4. The zero-order chi connectivity index (χ0) is 50.2. The van der Waals surface area contributed by atoms with Gasteiger partial charge in [-0.2, -0.15) is 0 Å². The highest BCUT2D eigenvalue weighted by molar-refractivity contribution is 7.26. The van der Waals surface area contributed by atoms with Gasteiger partial charge in [0, 0.05) is 63.8 Å². The second-order valence-corrected chi connectivity index (χ2v) is 19.5. The molecule has 0 unspecified atom stereocenters. The number of anilines is 2. The average molecular weight is 975 g/mol. The molecule has 356 valence electrons. The minimum absolute atomic E-state index is 0.759. The molecule has 0 bridgehead atoms. The van der Waals surface area contributed by atoms with E-state index in [0.717, 1.165) is 5.02 Å². The molecule has 0 fully saturated rings. The Morgan fingerprint density at radius 2 is 0.757 bits per heavy atom. The van der Waals surface area contributed by atoms with E-state index in [0.29, 0.717) is 0 Å². The van der Waals surface area contributed by atoms with Gasteiger partial charge in [-0.25, -0.2) is 0 Å².